The molecule has 1 aliphatic carbocycles. The molecule has 2 fully saturated rings. The Morgan fingerprint density at radius 1 is 1.12 bits per heavy atom. The number of carbonyl (C=O) groups is 2. The third kappa shape index (κ3) is 5.07. The summed E-state index contributed by atoms with van der Waals surface area (Å²) in [4.78, 5) is 28.8. The average Bonchev–Trinajstić information content (AvgIpc) is 3.48. The molecule has 142 valence electrons. The van der Waals surface area contributed by atoms with Gasteiger partial charge in [-0.25, -0.2) is 0 Å². The fourth-order valence-corrected chi connectivity index (χ4v) is 3.58. The van der Waals surface area contributed by atoms with Gasteiger partial charge in [-0.15, -0.1) is 0 Å². The molecule has 1 aromatic rings. The summed E-state index contributed by atoms with van der Waals surface area (Å²) in [5.74, 6) is 0.0241. The first-order chi connectivity index (χ1) is 12.6. The molecule has 0 spiro atoms. The summed E-state index contributed by atoms with van der Waals surface area (Å²) in [6.45, 7) is 6.96. The maximum absolute atomic E-state index is 12.8. The molecule has 3 rings (SSSR count). The van der Waals surface area contributed by atoms with Crippen LogP contribution in [0.5, 0.6) is 0 Å². The Morgan fingerprint density at radius 2 is 1.77 bits per heavy atom. The highest BCUT2D eigenvalue weighted by atomic mass is 16.5. The van der Waals surface area contributed by atoms with Crippen molar-refractivity contribution in [2.24, 2.45) is 5.92 Å². The second-order valence-corrected chi connectivity index (χ2v) is 7.53. The normalized spacial score (nSPS) is 18.2. The molecule has 2 aliphatic rings. The number of rotatable bonds is 7. The predicted octanol–water partition coefficient (Wildman–Crippen LogP) is 2.76. The van der Waals surface area contributed by atoms with E-state index < -0.39 is 0 Å². The van der Waals surface area contributed by atoms with E-state index >= 15 is 0 Å². The Morgan fingerprint density at radius 3 is 2.35 bits per heavy atom. The van der Waals surface area contributed by atoms with Gasteiger partial charge in [-0.3, -0.25) is 14.5 Å². The van der Waals surface area contributed by atoms with Gasteiger partial charge in [0.1, 0.15) is 0 Å². The zero-order valence-corrected chi connectivity index (χ0v) is 15.9. The van der Waals surface area contributed by atoms with Crippen LogP contribution in [0.25, 0.3) is 0 Å². The molecular formula is C21H30N2O3. The van der Waals surface area contributed by atoms with Gasteiger partial charge in [0.25, 0.3) is 0 Å². The molecule has 0 bridgehead atoms. The summed E-state index contributed by atoms with van der Waals surface area (Å²) in [6.07, 6.45) is 3.80. The first-order valence-electron chi connectivity index (χ1n) is 9.81. The standard InChI is InChI=1S/C21H30N2O3/c1-3-26-21(25)18-10-12-22(13-11-18)20(24)15-23(19-8-9-19)14-17-6-4-16(2)5-7-17/h4-7,18-19H,3,8-15H2,1-2H3. The summed E-state index contributed by atoms with van der Waals surface area (Å²) < 4.78 is 5.11. The quantitative estimate of drug-likeness (QED) is 0.703. The number of esters is 1. The molecule has 5 heteroatoms. The monoisotopic (exact) mass is 358 g/mol. The first-order valence-corrected chi connectivity index (χ1v) is 9.81. The van der Waals surface area contributed by atoms with Gasteiger partial charge in [0.2, 0.25) is 5.91 Å². The van der Waals surface area contributed by atoms with E-state index in [1.165, 1.54) is 24.0 Å². The highest BCUT2D eigenvalue weighted by Crippen LogP contribution is 2.28. The number of likely N-dealkylation sites (tertiary alicyclic amines) is 1. The SMILES string of the molecule is CCOC(=O)C1CCN(C(=O)CN(Cc2ccc(C)cc2)C2CC2)CC1. The Kier molecular flexibility index (Phi) is 6.30. The van der Waals surface area contributed by atoms with Gasteiger partial charge in [-0.05, 0) is 45.1 Å². The molecule has 1 aliphatic heterocycles. The average molecular weight is 358 g/mol. The number of carbonyl (C=O) groups excluding carboxylic acids is 2. The minimum Gasteiger partial charge on any atom is -0.466 e. The van der Waals surface area contributed by atoms with E-state index in [0.29, 0.717) is 45.1 Å². The van der Waals surface area contributed by atoms with E-state index in [1.807, 2.05) is 11.8 Å². The number of hydrogen-bond acceptors (Lipinski definition) is 4. The fourth-order valence-electron chi connectivity index (χ4n) is 3.58. The van der Waals surface area contributed by atoms with Gasteiger partial charge in [0.15, 0.2) is 0 Å². The summed E-state index contributed by atoms with van der Waals surface area (Å²) in [5, 5.41) is 0. The molecular weight excluding hydrogens is 328 g/mol. The van der Waals surface area contributed by atoms with Gasteiger partial charge in [-0.2, -0.15) is 0 Å². The Hall–Kier alpha value is -1.88. The van der Waals surface area contributed by atoms with Crippen molar-refractivity contribution in [3.63, 3.8) is 0 Å². The van der Waals surface area contributed by atoms with E-state index in [0.717, 1.165) is 6.54 Å². The smallest absolute Gasteiger partial charge is 0.309 e. The molecule has 1 amide bonds. The van der Waals surface area contributed by atoms with Crippen molar-refractivity contribution in [1.29, 1.82) is 0 Å². The number of aryl methyl sites for hydroxylation is 1. The molecule has 0 aromatic heterocycles. The fraction of sp³-hybridized carbons (Fsp3) is 0.619. The highest BCUT2D eigenvalue weighted by molar-refractivity contribution is 5.79. The molecule has 26 heavy (non-hydrogen) atoms. The van der Waals surface area contributed by atoms with Crippen LogP contribution >= 0.6 is 0 Å². The third-order valence-electron chi connectivity index (χ3n) is 5.38. The van der Waals surface area contributed by atoms with Gasteiger partial charge >= 0.3 is 5.97 Å². The second kappa shape index (κ2) is 8.67. The molecule has 5 nitrogen and oxygen atoms in total. The minimum absolute atomic E-state index is 0.0499. The minimum atomic E-state index is -0.112. The zero-order chi connectivity index (χ0) is 18.5. The summed E-state index contributed by atoms with van der Waals surface area (Å²) >= 11 is 0. The number of ether oxygens (including phenoxy) is 1. The molecule has 1 saturated heterocycles. The lowest BCUT2D eigenvalue weighted by Gasteiger charge is -2.33. The number of hydrogen-bond donors (Lipinski definition) is 0. The Balaban J connectivity index is 1.51. The number of amides is 1. The molecule has 1 heterocycles. The zero-order valence-electron chi connectivity index (χ0n) is 15.9. The largest absolute Gasteiger partial charge is 0.466 e. The van der Waals surface area contributed by atoms with Crippen LogP contribution in [0.4, 0.5) is 0 Å². The van der Waals surface area contributed by atoms with Crippen LogP contribution in [0.1, 0.15) is 43.7 Å². The molecule has 0 radical (unpaired) electrons. The Labute approximate surface area is 156 Å². The molecule has 1 saturated carbocycles. The maximum Gasteiger partial charge on any atom is 0.309 e. The summed E-state index contributed by atoms with van der Waals surface area (Å²) in [5.41, 5.74) is 2.52. The van der Waals surface area contributed by atoms with Crippen molar-refractivity contribution in [3.05, 3.63) is 35.4 Å². The van der Waals surface area contributed by atoms with Gasteiger partial charge < -0.3 is 9.64 Å². The molecule has 1 aromatic carbocycles. The van der Waals surface area contributed by atoms with Crippen molar-refractivity contribution in [3.8, 4) is 0 Å². The van der Waals surface area contributed by atoms with E-state index in [1.54, 1.807) is 0 Å². The number of benzene rings is 1. The van der Waals surface area contributed by atoms with Crippen LogP contribution in [0.2, 0.25) is 0 Å². The van der Waals surface area contributed by atoms with Crippen molar-refractivity contribution in [2.45, 2.75) is 52.1 Å². The lowest BCUT2D eigenvalue weighted by Crippen LogP contribution is -2.45. The van der Waals surface area contributed by atoms with E-state index in [2.05, 4.69) is 36.1 Å². The van der Waals surface area contributed by atoms with Gasteiger partial charge in [0, 0.05) is 25.7 Å². The lowest BCUT2D eigenvalue weighted by atomic mass is 9.97. The van der Waals surface area contributed by atoms with Gasteiger partial charge in [0.05, 0.1) is 19.1 Å². The number of nitrogens with zero attached hydrogens (tertiary/aromatic N) is 2. The first kappa shape index (κ1) is 18.9. The van der Waals surface area contributed by atoms with Crippen LogP contribution in [0.3, 0.4) is 0 Å². The van der Waals surface area contributed by atoms with Crippen molar-refractivity contribution >= 4 is 11.9 Å². The van der Waals surface area contributed by atoms with Crippen LogP contribution in [-0.2, 0) is 20.9 Å². The van der Waals surface area contributed by atoms with E-state index in [4.69, 9.17) is 4.74 Å². The Bertz CT molecular complexity index is 617. The topological polar surface area (TPSA) is 49.9 Å². The summed E-state index contributed by atoms with van der Waals surface area (Å²) in [6, 6.07) is 9.10. The molecule has 0 unspecified atom stereocenters. The van der Waals surface area contributed by atoms with Crippen molar-refractivity contribution in [1.82, 2.24) is 9.80 Å². The van der Waals surface area contributed by atoms with Crippen LogP contribution in [0, 0.1) is 12.8 Å². The van der Waals surface area contributed by atoms with Crippen LogP contribution < -0.4 is 0 Å². The van der Waals surface area contributed by atoms with Crippen molar-refractivity contribution < 1.29 is 14.3 Å². The lowest BCUT2D eigenvalue weighted by molar-refractivity contribution is -0.151. The van der Waals surface area contributed by atoms with E-state index in [-0.39, 0.29) is 17.8 Å². The summed E-state index contributed by atoms with van der Waals surface area (Å²) in [7, 11) is 0. The van der Waals surface area contributed by atoms with Crippen molar-refractivity contribution in [2.75, 3.05) is 26.2 Å². The predicted molar refractivity (Wildman–Crippen MR) is 101 cm³/mol. The highest BCUT2D eigenvalue weighted by Gasteiger charge is 2.33. The van der Waals surface area contributed by atoms with Crippen LogP contribution in [-0.4, -0.2) is 54.0 Å². The maximum atomic E-state index is 12.8. The molecule has 0 atom stereocenters. The van der Waals surface area contributed by atoms with Crippen LogP contribution in [0.15, 0.2) is 24.3 Å². The van der Waals surface area contributed by atoms with E-state index in [9.17, 15) is 9.59 Å². The second-order valence-electron chi connectivity index (χ2n) is 7.53. The molecule has 0 N–H and O–H groups in total. The number of piperidine rings is 1. The third-order valence-corrected chi connectivity index (χ3v) is 5.38. The van der Waals surface area contributed by atoms with Gasteiger partial charge in [-0.1, -0.05) is 29.8 Å².